The number of ketones is 1. The largest absolute Gasteiger partial charge is 0.478 e. The number of carbonyl (C=O) groups excluding carboxylic acids is 1. The van der Waals surface area contributed by atoms with E-state index in [-0.39, 0.29) is 5.78 Å². The van der Waals surface area contributed by atoms with E-state index in [1.165, 1.54) is 0 Å². The number of benzene rings is 1. The molecule has 0 aliphatic carbocycles. The van der Waals surface area contributed by atoms with Crippen molar-refractivity contribution in [1.29, 1.82) is 0 Å². The van der Waals surface area contributed by atoms with Crippen molar-refractivity contribution in [2.24, 2.45) is 0 Å². The van der Waals surface area contributed by atoms with Crippen LogP contribution in [-0.4, -0.2) is 61.7 Å². The van der Waals surface area contributed by atoms with Crippen LogP contribution in [0.5, 0.6) is 11.5 Å². The summed E-state index contributed by atoms with van der Waals surface area (Å²) in [5, 5.41) is 0. The zero-order chi connectivity index (χ0) is 17.4. The van der Waals surface area contributed by atoms with Gasteiger partial charge in [0.05, 0.1) is 24.3 Å². The number of fused-ring (bicyclic) bond motifs is 3. The van der Waals surface area contributed by atoms with E-state index in [1.54, 1.807) is 0 Å². The molecule has 1 saturated heterocycles. The maximum absolute atomic E-state index is 12.5. The summed E-state index contributed by atoms with van der Waals surface area (Å²) < 4.78 is 17.2. The van der Waals surface area contributed by atoms with Crippen LogP contribution in [0.1, 0.15) is 29.8 Å². The smallest absolute Gasteiger partial charge is 0.231 e. The third kappa shape index (κ3) is 3.17. The SMILES string of the molecule is CC(C)=C1Oc2c(ccc3c2CN(CCN2CCOCC2)CO3)C1=O. The van der Waals surface area contributed by atoms with Gasteiger partial charge in [0.25, 0.3) is 0 Å². The maximum atomic E-state index is 12.5. The number of rotatable bonds is 3. The number of ether oxygens (including phenoxy) is 3. The first-order valence-electron chi connectivity index (χ1n) is 8.84. The van der Waals surface area contributed by atoms with Gasteiger partial charge in [0.2, 0.25) is 5.78 Å². The molecular formula is C19H24N2O4. The molecule has 3 aliphatic heterocycles. The first-order valence-corrected chi connectivity index (χ1v) is 8.84. The van der Waals surface area contributed by atoms with Gasteiger partial charge in [0.15, 0.2) is 5.76 Å². The van der Waals surface area contributed by atoms with Crippen LogP contribution in [-0.2, 0) is 11.3 Å². The van der Waals surface area contributed by atoms with Crippen molar-refractivity contribution in [3.63, 3.8) is 0 Å². The molecule has 0 unspecified atom stereocenters. The third-order valence-electron chi connectivity index (χ3n) is 4.95. The van der Waals surface area contributed by atoms with Crippen molar-refractivity contribution in [2.75, 3.05) is 46.1 Å². The Labute approximate surface area is 147 Å². The zero-order valence-electron chi connectivity index (χ0n) is 14.8. The molecule has 0 radical (unpaired) electrons. The van der Waals surface area contributed by atoms with Gasteiger partial charge in [-0.3, -0.25) is 14.6 Å². The lowest BCUT2D eigenvalue weighted by Gasteiger charge is -2.33. The molecule has 6 nitrogen and oxygen atoms in total. The van der Waals surface area contributed by atoms with E-state index in [9.17, 15) is 4.79 Å². The Hall–Kier alpha value is -1.89. The fourth-order valence-corrected chi connectivity index (χ4v) is 3.47. The van der Waals surface area contributed by atoms with Crippen LogP contribution >= 0.6 is 0 Å². The molecule has 134 valence electrons. The Morgan fingerprint density at radius 3 is 2.64 bits per heavy atom. The molecule has 3 aliphatic rings. The van der Waals surface area contributed by atoms with Crippen LogP contribution in [0.25, 0.3) is 0 Å². The highest BCUT2D eigenvalue weighted by atomic mass is 16.5. The molecule has 25 heavy (non-hydrogen) atoms. The average molecular weight is 344 g/mol. The molecule has 4 rings (SSSR count). The Kier molecular flexibility index (Phi) is 4.50. The van der Waals surface area contributed by atoms with Crippen molar-refractivity contribution in [3.05, 3.63) is 34.6 Å². The number of hydrogen-bond acceptors (Lipinski definition) is 6. The minimum Gasteiger partial charge on any atom is -0.478 e. The van der Waals surface area contributed by atoms with Crippen molar-refractivity contribution >= 4 is 5.78 Å². The molecule has 0 spiro atoms. The minimum atomic E-state index is -0.0248. The molecular weight excluding hydrogens is 320 g/mol. The first kappa shape index (κ1) is 16.6. The van der Waals surface area contributed by atoms with Crippen molar-refractivity contribution in [1.82, 2.24) is 9.80 Å². The summed E-state index contributed by atoms with van der Waals surface area (Å²) in [7, 11) is 0. The lowest BCUT2D eigenvalue weighted by atomic mass is 10.0. The van der Waals surface area contributed by atoms with E-state index in [4.69, 9.17) is 14.2 Å². The fraction of sp³-hybridized carbons (Fsp3) is 0.526. The highest BCUT2D eigenvalue weighted by molar-refractivity contribution is 6.13. The number of hydrogen-bond donors (Lipinski definition) is 0. The maximum Gasteiger partial charge on any atom is 0.231 e. The van der Waals surface area contributed by atoms with E-state index in [2.05, 4.69) is 9.80 Å². The molecule has 0 atom stereocenters. The molecule has 0 amide bonds. The number of allylic oxidation sites excluding steroid dienone is 2. The normalized spacial score (nSPS) is 20.7. The highest BCUT2D eigenvalue weighted by Crippen LogP contribution is 2.42. The molecule has 1 aromatic rings. The summed E-state index contributed by atoms with van der Waals surface area (Å²) in [6, 6.07) is 3.71. The topological polar surface area (TPSA) is 51.2 Å². The van der Waals surface area contributed by atoms with Crippen LogP contribution in [0.4, 0.5) is 0 Å². The molecule has 0 aromatic heterocycles. The summed E-state index contributed by atoms with van der Waals surface area (Å²) in [5.74, 6) is 1.93. The second-order valence-electron chi connectivity index (χ2n) is 6.96. The second kappa shape index (κ2) is 6.78. The summed E-state index contributed by atoms with van der Waals surface area (Å²) in [4.78, 5) is 17.2. The summed E-state index contributed by atoms with van der Waals surface area (Å²) in [6.45, 7) is 10.6. The van der Waals surface area contributed by atoms with Gasteiger partial charge in [-0.1, -0.05) is 0 Å². The van der Waals surface area contributed by atoms with Gasteiger partial charge in [-0.25, -0.2) is 0 Å². The van der Waals surface area contributed by atoms with Crippen molar-refractivity contribution < 1.29 is 19.0 Å². The molecule has 3 heterocycles. The van der Waals surface area contributed by atoms with Crippen LogP contribution in [0.15, 0.2) is 23.5 Å². The van der Waals surface area contributed by atoms with Crippen molar-refractivity contribution in [2.45, 2.75) is 20.4 Å². The lowest BCUT2D eigenvalue weighted by Crippen LogP contribution is -2.43. The molecule has 1 fully saturated rings. The lowest BCUT2D eigenvalue weighted by molar-refractivity contribution is 0.0239. The van der Waals surface area contributed by atoms with Crippen LogP contribution in [0.2, 0.25) is 0 Å². The number of carbonyl (C=O) groups is 1. The predicted molar refractivity (Wildman–Crippen MR) is 92.9 cm³/mol. The number of nitrogens with zero attached hydrogens (tertiary/aromatic N) is 2. The van der Waals surface area contributed by atoms with Gasteiger partial charge in [-0.05, 0) is 31.6 Å². The summed E-state index contributed by atoms with van der Waals surface area (Å²) >= 11 is 0. The fourth-order valence-electron chi connectivity index (χ4n) is 3.47. The van der Waals surface area contributed by atoms with E-state index < -0.39 is 0 Å². The molecule has 1 aromatic carbocycles. The van der Waals surface area contributed by atoms with Crippen LogP contribution < -0.4 is 9.47 Å². The van der Waals surface area contributed by atoms with E-state index in [0.29, 0.717) is 23.8 Å². The van der Waals surface area contributed by atoms with Gasteiger partial charge >= 0.3 is 0 Å². The monoisotopic (exact) mass is 344 g/mol. The zero-order valence-corrected chi connectivity index (χ0v) is 14.8. The minimum absolute atomic E-state index is 0.0248. The van der Waals surface area contributed by atoms with Gasteiger partial charge in [0, 0.05) is 32.7 Å². The highest BCUT2D eigenvalue weighted by Gasteiger charge is 2.34. The number of morpholine rings is 1. The van der Waals surface area contributed by atoms with Gasteiger partial charge < -0.3 is 14.2 Å². The van der Waals surface area contributed by atoms with E-state index in [1.807, 2.05) is 26.0 Å². The Bertz CT molecular complexity index is 718. The molecule has 0 bridgehead atoms. The van der Waals surface area contributed by atoms with E-state index in [0.717, 1.165) is 62.8 Å². The average Bonchev–Trinajstić information content (AvgIpc) is 2.98. The first-order chi connectivity index (χ1) is 12.1. The second-order valence-corrected chi connectivity index (χ2v) is 6.96. The molecule has 6 heteroatoms. The molecule has 0 saturated carbocycles. The van der Waals surface area contributed by atoms with Gasteiger partial charge in [-0.2, -0.15) is 0 Å². The Morgan fingerprint density at radius 1 is 1.12 bits per heavy atom. The van der Waals surface area contributed by atoms with Gasteiger partial charge in [-0.15, -0.1) is 0 Å². The van der Waals surface area contributed by atoms with Crippen LogP contribution in [0, 0.1) is 0 Å². The van der Waals surface area contributed by atoms with E-state index >= 15 is 0 Å². The predicted octanol–water partition coefficient (Wildman–Crippen LogP) is 2.04. The standard InChI is InChI=1S/C19H24N2O4/c1-13(2)18-17(22)14-3-4-16-15(19(14)25-18)11-21(12-24-16)6-5-20-7-9-23-10-8-20/h3-4H,5-12H2,1-2H3. The van der Waals surface area contributed by atoms with Gasteiger partial charge in [0.1, 0.15) is 18.2 Å². The molecule has 0 N–H and O–H groups in total. The number of Topliss-reactive ketones (excluding diaryl/α,β-unsaturated/α-hetero) is 1. The third-order valence-corrected chi connectivity index (χ3v) is 4.95. The summed E-state index contributed by atoms with van der Waals surface area (Å²) in [6.07, 6.45) is 0. The summed E-state index contributed by atoms with van der Waals surface area (Å²) in [5.41, 5.74) is 2.53. The van der Waals surface area contributed by atoms with Crippen LogP contribution in [0.3, 0.4) is 0 Å². The quantitative estimate of drug-likeness (QED) is 0.782. The Morgan fingerprint density at radius 2 is 1.88 bits per heavy atom. The van der Waals surface area contributed by atoms with Crippen molar-refractivity contribution in [3.8, 4) is 11.5 Å². The Balaban J connectivity index is 1.49.